The standard InChI is InChI=1S/C26H33N5O4/c1-16-22-11-33-6-5-20(22)21-7-19(3-4-23(21)29-16)35-17(2)24(30-27)8-28-25-12-26(13-25)15-34-10-18(9-32)31(26)14-25/h3-4,7-8,17-18,32H,5-6,9-15,27H2,1-2H3/b28-8?,30-24+. The lowest BCUT2D eigenvalue weighted by molar-refractivity contribution is -0.104. The summed E-state index contributed by atoms with van der Waals surface area (Å²) in [5, 5.41) is 14.9. The van der Waals surface area contributed by atoms with Crippen molar-refractivity contribution >= 4 is 22.8 Å². The molecule has 5 aliphatic rings. The Morgan fingerprint density at radius 1 is 1.37 bits per heavy atom. The molecular weight excluding hydrogens is 446 g/mol. The summed E-state index contributed by atoms with van der Waals surface area (Å²) in [5.74, 6) is 6.51. The smallest absolute Gasteiger partial charge is 0.141 e. The molecule has 9 heteroatoms. The number of hydrogen-bond donors (Lipinski definition) is 2. The molecule has 0 amide bonds. The average molecular weight is 480 g/mol. The van der Waals surface area contributed by atoms with E-state index in [-0.39, 0.29) is 29.8 Å². The lowest BCUT2D eigenvalue weighted by atomic mass is 9.68. The number of hydrazone groups is 1. The second-order valence-electron chi connectivity index (χ2n) is 10.5. The topological polar surface area (TPSA) is 115 Å². The Balaban J connectivity index is 1.18. The number of benzene rings is 1. The highest BCUT2D eigenvalue weighted by molar-refractivity contribution is 6.32. The number of hydrogen-bond acceptors (Lipinski definition) is 9. The second kappa shape index (κ2) is 8.51. The van der Waals surface area contributed by atoms with Crippen molar-refractivity contribution in [1.82, 2.24) is 9.88 Å². The Kier molecular flexibility index (Phi) is 5.56. The minimum atomic E-state index is -0.360. The summed E-state index contributed by atoms with van der Waals surface area (Å²) >= 11 is 0. The van der Waals surface area contributed by atoms with Gasteiger partial charge in [-0.15, -0.1) is 0 Å². The predicted molar refractivity (Wildman–Crippen MR) is 133 cm³/mol. The predicted octanol–water partition coefficient (Wildman–Crippen LogP) is 1.75. The third-order valence-corrected chi connectivity index (χ3v) is 8.20. The average Bonchev–Trinajstić information content (AvgIpc) is 3.36. The van der Waals surface area contributed by atoms with E-state index >= 15 is 0 Å². The lowest BCUT2D eigenvalue weighted by Crippen LogP contribution is -2.61. The highest BCUT2D eigenvalue weighted by Gasteiger charge is 2.67. The van der Waals surface area contributed by atoms with Crippen LogP contribution in [0.1, 0.15) is 36.6 Å². The van der Waals surface area contributed by atoms with Crippen molar-refractivity contribution < 1.29 is 19.3 Å². The molecule has 4 aliphatic heterocycles. The van der Waals surface area contributed by atoms with Gasteiger partial charge in [0.05, 0.1) is 50.1 Å². The van der Waals surface area contributed by atoms with E-state index in [1.807, 2.05) is 26.0 Å². The zero-order valence-electron chi connectivity index (χ0n) is 20.4. The number of fused-ring (bicyclic) bond motifs is 3. The number of rotatable bonds is 6. The molecule has 1 saturated carbocycles. The van der Waals surface area contributed by atoms with Crippen LogP contribution in [0, 0.1) is 6.92 Å². The molecule has 5 heterocycles. The number of aliphatic imine (C=N–C) groups is 1. The van der Waals surface area contributed by atoms with Crippen LogP contribution in [0.15, 0.2) is 28.3 Å². The van der Waals surface area contributed by atoms with Crippen molar-refractivity contribution in [2.45, 2.75) is 62.9 Å². The molecule has 0 radical (unpaired) electrons. The van der Waals surface area contributed by atoms with Gasteiger partial charge in [-0.05, 0) is 56.9 Å². The van der Waals surface area contributed by atoms with Gasteiger partial charge in [0.2, 0.25) is 0 Å². The van der Waals surface area contributed by atoms with Gasteiger partial charge in [-0.1, -0.05) is 0 Å². The summed E-state index contributed by atoms with van der Waals surface area (Å²) in [5.41, 5.74) is 4.93. The Labute approximate surface area is 205 Å². The van der Waals surface area contributed by atoms with Crippen LogP contribution in [-0.4, -0.2) is 83.1 Å². The second-order valence-corrected chi connectivity index (χ2v) is 10.5. The van der Waals surface area contributed by atoms with Gasteiger partial charge < -0.3 is 25.2 Å². The number of aliphatic hydroxyl groups is 1. The molecule has 2 atom stereocenters. The van der Waals surface area contributed by atoms with Crippen LogP contribution in [0.4, 0.5) is 0 Å². The number of nitrogens with zero attached hydrogens (tertiary/aromatic N) is 4. The summed E-state index contributed by atoms with van der Waals surface area (Å²) in [7, 11) is 0. The molecule has 3 saturated heterocycles. The molecule has 2 unspecified atom stereocenters. The van der Waals surface area contributed by atoms with Gasteiger partial charge in [0, 0.05) is 34.9 Å². The van der Waals surface area contributed by atoms with Crippen LogP contribution in [0.3, 0.4) is 0 Å². The summed E-state index contributed by atoms with van der Waals surface area (Å²) in [4.78, 5) is 12.1. The molecule has 4 fully saturated rings. The van der Waals surface area contributed by atoms with Crippen molar-refractivity contribution in [3.63, 3.8) is 0 Å². The van der Waals surface area contributed by atoms with E-state index in [0.717, 1.165) is 54.8 Å². The highest BCUT2D eigenvalue weighted by Crippen LogP contribution is 2.57. The molecule has 35 heavy (non-hydrogen) atoms. The zero-order chi connectivity index (χ0) is 24.2. The molecule has 2 bridgehead atoms. The van der Waals surface area contributed by atoms with Crippen molar-refractivity contribution in [2.75, 3.05) is 33.0 Å². The SMILES string of the molecule is Cc1nc2ccc(OC(C)/C(C=NC34CN5C(CO)COCC5(C3)C4)=N/N)cc2c2c1COCC2. The van der Waals surface area contributed by atoms with Crippen molar-refractivity contribution in [2.24, 2.45) is 15.9 Å². The van der Waals surface area contributed by atoms with Gasteiger partial charge in [-0.25, -0.2) is 0 Å². The Morgan fingerprint density at radius 2 is 2.23 bits per heavy atom. The highest BCUT2D eigenvalue weighted by atomic mass is 16.5. The maximum absolute atomic E-state index is 9.75. The van der Waals surface area contributed by atoms with Crippen LogP contribution in [0.25, 0.3) is 10.9 Å². The van der Waals surface area contributed by atoms with E-state index in [4.69, 9.17) is 30.0 Å². The van der Waals surface area contributed by atoms with Crippen molar-refractivity contribution in [1.29, 1.82) is 0 Å². The minimum Gasteiger partial charge on any atom is -0.484 e. The van der Waals surface area contributed by atoms with E-state index in [1.54, 1.807) is 6.21 Å². The van der Waals surface area contributed by atoms with E-state index in [2.05, 4.69) is 16.1 Å². The van der Waals surface area contributed by atoms with E-state index in [9.17, 15) is 5.11 Å². The van der Waals surface area contributed by atoms with Crippen molar-refractivity contribution in [3.8, 4) is 5.75 Å². The summed E-state index contributed by atoms with van der Waals surface area (Å²) in [6.45, 7) is 7.54. The largest absolute Gasteiger partial charge is 0.484 e. The maximum Gasteiger partial charge on any atom is 0.141 e. The fourth-order valence-corrected chi connectivity index (χ4v) is 6.53. The summed E-state index contributed by atoms with van der Waals surface area (Å²) < 4.78 is 17.7. The number of pyridine rings is 1. The fraction of sp³-hybridized carbons (Fsp3) is 0.577. The number of aryl methyl sites for hydroxylation is 1. The normalized spacial score (nSPS) is 31.3. The molecule has 186 valence electrons. The molecule has 1 aliphatic carbocycles. The fourth-order valence-electron chi connectivity index (χ4n) is 6.53. The van der Waals surface area contributed by atoms with E-state index in [0.29, 0.717) is 25.5 Å². The first-order chi connectivity index (χ1) is 17.0. The first-order valence-corrected chi connectivity index (χ1v) is 12.4. The first kappa shape index (κ1) is 22.8. The molecule has 2 aromatic rings. The van der Waals surface area contributed by atoms with Crippen LogP contribution in [0.5, 0.6) is 5.75 Å². The van der Waals surface area contributed by atoms with E-state index < -0.39 is 0 Å². The number of morpholine rings is 1. The van der Waals surface area contributed by atoms with Crippen molar-refractivity contribution in [3.05, 3.63) is 35.0 Å². The molecule has 9 nitrogen and oxygen atoms in total. The molecule has 1 aromatic heterocycles. The van der Waals surface area contributed by atoms with E-state index in [1.165, 1.54) is 11.1 Å². The van der Waals surface area contributed by atoms with Gasteiger partial charge >= 0.3 is 0 Å². The lowest BCUT2D eigenvalue weighted by Gasteiger charge is -2.50. The number of nitrogens with two attached hydrogens (primary N) is 1. The number of aliphatic hydroxyl groups excluding tert-OH is 1. The Bertz CT molecular complexity index is 1210. The third kappa shape index (κ3) is 3.72. The minimum absolute atomic E-state index is 0.0206. The van der Waals surface area contributed by atoms with Crippen LogP contribution < -0.4 is 10.6 Å². The monoisotopic (exact) mass is 479 g/mol. The first-order valence-electron chi connectivity index (χ1n) is 12.4. The summed E-state index contributed by atoms with van der Waals surface area (Å²) in [6.07, 6.45) is 4.16. The number of aromatic nitrogens is 1. The molecular formula is C26H33N5O4. The Hall–Kier alpha value is -2.59. The zero-order valence-corrected chi connectivity index (χ0v) is 20.4. The molecule has 1 aromatic carbocycles. The Morgan fingerprint density at radius 3 is 3.03 bits per heavy atom. The van der Waals surface area contributed by atoms with Gasteiger partial charge in [-0.2, -0.15) is 5.10 Å². The quantitative estimate of drug-likeness (QED) is 0.368. The maximum atomic E-state index is 9.75. The molecule has 3 N–H and O–H groups in total. The van der Waals surface area contributed by atoms with Gasteiger partial charge in [0.15, 0.2) is 0 Å². The van der Waals surface area contributed by atoms with Gasteiger partial charge in [0.1, 0.15) is 17.6 Å². The van der Waals surface area contributed by atoms with Crippen LogP contribution >= 0.6 is 0 Å². The molecule has 7 rings (SSSR count). The summed E-state index contributed by atoms with van der Waals surface area (Å²) in [6, 6.07) is 6.07. The van der Waals surface area contributed by atoms with Crippen LogP contribution in [0.2, 0.25) is 0 Å². The van der Waals surface area contributed by atoms with Gasteiger partial charge in [0.25, 0.3) is 0 Å². The molecule has 1 spiro atoms. The van der Waals surface area contributed by atoms with Gasteiger partial charge in [-0.3, -0.25) is 14.9 Å². The third-order valence-electron chi connectivity index (χ3n) is 8.20. The number of ether oxygens (including phenoxy) is 3. The van der Waals surface area contributed by atoms with Crippen LogP contribution in [-0.2, 0) is 22.5 Å².